The number of nitrogens with one attached hydrogen (secondary N) is 1. The molecule has 1 aliphatic heterocycles. The first-order chi connectivity index (χ1) is 10.0. The molecular formula is C14H13N3O3S. The summed E-state index contributed by atoms with van der Waals surface area (Å²) in [6, 6.07) is 5.91. The summed E-state index contributed by atoms with van der Waals surface area (Å²) in [5, 5.41) is 13.2. The number of likely N-dealkylation sites (tertiary alicyclic amines) is 1. The normalized spacial score (nSPS) is 15.7. The summed E-state index contributed by atoms with van der Waals surface area (Å²) in [7, 11) is 0. The van der Waals surface area contributed by atoms with Crippen LogP contribution in [0.25, 0.3) is 0 Å². The average molecular weight is 303 g/mol. The van der Waals surface area contributed by atoms with Gasteiger partial charge in [0.1, 0.15) is 11.4 Å². The third-order valence-electron chi connectivity index (χ3n) is 3.14. The number of carbonyl (C=O) groups is 3. The van der Waals surface area contributed by atoms with Crippen molar-refractivity contribution in [3.63, 3.8) is 0 Å². The van der Waals surface area contributed by atoms with E-state index < -0.39 is 11.9 Å². The Morgan fingerprint density at radius 1 is 1.29 bits per heavy atom. The van der Waals surface area contributed by atoms with E-state index in [4.69, 9.17) is 5.26 Å². The Kier molecular flexibility index (Phi) is 4.60. The molecule has 108 valence electrons. The Morgan fingerprint density at radius 2 is 1.86 bits per heavy atom. The van der Waals surface area contributed by atoms with Crippen molar-refractivity contribution in [3.05, 3.63) is 24.3 Å². The van der Waals surface area contributed by atoms with Gasteiger partial charge in [0.25, 0.3) is 0 Å². The molecule has 0 unspecified atom stereocenters. The van der Waals surface area contributed by atoms with E-state index in [2.05, 4.69) is 5.32 Å². The van der Waals surface area contributed by atoms with Crippen LogP contribution in [0.15, 0.2) is 29.2 Å². The Morgan fingerprint density at radius 3 is 2.38 bits per heavy atom. The number of anilines is 1. The third-order valence-corrected chi connectivity index (χ3v) is 3.74. The maximum Gasteiger partial charge on any atom is 0.247 e. The predicted octanol–water partition coefficient (Wildman–Crippen LogP) is 1.74. The number of thiocyanates is 1. The Labute approximate surface area is 126 Å². The molecule has 0 spiro atoms. The Balaban J connectivity index is 2.02. The van der Waals surface area contributed by atoms with Crippen LogP contribution in [0.2, 0.25) is 0 Å². The molecule has 1 heterocycles. The molecule has 2 rings (SSSR count). The molecule has 0 aromatic heterocycles. The zero-order valence-corrected chi connectivity index (χ0v) is 12.1. The molecule has 1 saturated heterocycles. The molecule has 7 heteroatoms. The molecule has 3 amide bonds. The van der Waals surface area contributed by atoms with E-state index in [9.17, 15) is 14.4 Å². The Bertz CT molecular complexity index is 605. The van der Waals surface area contributed by atoms with Gasteiger partial charge in [-0.25, -0.2) is 0 Å². The van der Waals surface area contributed by atoms with E-state index in [1.165, 1.54) is 6.92 Å². The highest BCUT2D eigenvalue weighted by molar-refractivity contribution is 8.03. The van der Waals surface area contributed by atoms with Crippen LogP contribution >= 0.6 is 11.8 Å². The van der Waals surface area contributed by atoms with Gasteiger partial charge in [-0.2, -0.15) is 5.26 Å². The van der Waals surface area contributed by atoms with Crippen molar-refractivity contribution in [3.8, 4) is 5.40 Å². The second kappa shape index (κ2) is 6.41. The van der Waals surface area contributed by atoms with Gasteiger partial charge in [0, 0.05) is 23.4 Å². The van der Waals surface area contributed by atoms with Crippen molar-refractivity contribution in [2.45, 2.75) is 30.7 Å². The van der Waals surface area contributed by atoms with Crippen molar-refractivity contribution < 1.29 is 14.4 Å². The Hall–Kier alpha value is -2.33. The van der Waals surface area contributed by atoms with Crippen molar-refractivity contribution in [2.75, 3.05) is 5.32 Å². The molecule has 0 saturated carbocycles. The van der Waals surface area contributed by atoms with Gasteiger partial charge in [-0.15, -0.1) is 0 Å². The molecule has 21 heavy (non-hydrogen) atoms. The molecule has 1 N–H and O–H groups in total. The molecular weight excluding hydrogens is 290 g/mol. The summed E-state index contributed by atoms with van der Waals surface area (Å²) in [5.74, 6) is -1.05. The molecule has 0 radical (unpaired) electrons. The minimum Gasteiger partial charge on any atom is -0.324 e. The molecule has 1 atom stereocenters. The number of hydrogen-bond donors (Lipinski definition) is 1. The van der Waals surface area contributed by atoms with Crippen molar-refractivity contribution in [1.82, 2.24) is 4.90 Å². The van der Waals surface area contributed by atoms with Gasteiger partial charge >= 0.3 is 0 Å². The van der Waals surface area contributed by atoms with E-state index in [0.717, 1.165) is 21.6 Å². The monoisotopic (exact) mass is 303 g/mol. The number of rotatable bonds is 4. The zero-order valence-electron chi connectivity index (χ0n) is 11.3. The highest BCUT2D eigenvalue weighted by Crippen LogP contribution is 2.20. The van der Waals surface area contributed by atoms with E-state index in [1.807, 2.05) is 5.40 Å². The van der Waals surface area contributed by atoms with Gasteiger partial charge in [0.05, 0.1) is 0 Å². The summed E-state index contributed by atoms with van der Waals surface area (Å²) in [4.78, 5) is 37.0. The number of thioether (sulfide) groups is 1. The van der Waals surface area contributed by atoms with Crippen molar-refractivity contribution in [2.24, 2.45) is 0 Å². The van der Waals surface area contributed by atoms with Crippen LogP contribution in [0.3, 0.4) is 0 Å². The van der Waals surface area contributed by atoms with Crippen molar-refractivity contribution >= 4 is 35.2 Å². The lowest BCUT2D eigenvalue weighted by Gasteiger charge is -2.21. The van der Waals surface area contributed by atoms with E-state index in [1.54, 1.807) is 24.3 Å². The van der Waals surface area contributed by atoms with E-state index in [0.29, 0.717) is 5.69 Å². The fourth-order valence-electron chi connectivity index (χ4n) is 2.05. The van der Waals surface area contributed by atoms with Gasteiger partial charge in [0.2, 0.25) is 17.7 Å². The van der Waals surface area contributed by atoms with E-state index >= 15 is 0 Å². The fourth-order valence-corrected chi connectivity index (χ4v) is 2.43. The number of amides is 3. The number of hydrogen-bond acceptors (Lipinski definition) is 5. The fraction of sp³-hybridized carbons (Fsp3) is 0.286. The van der Waals surface area contributed by atoms with Crippen LogP contribution in [-0.4, -0.2) is 28.7 Å². The highest BCUT2D eigenvalue weighted by Gasteiger charge is 2.36. The maximum atomic E-state index is 12.1. The lowest BCUT2D eigenvalue weighted by atomic mass is 10.2. The first-order valence-electron chi connectivity index (χ1n) is 6.34. The van der Waals surface area contributed by atoms with Crippen molar-refractivity contribution in [1.29, 1.82) is 5.26 Å². The summed E-state index contributed by atoms with van der Waals surface area (Å²) >= 11 is 1.03. The molecule has 1 aromatic rings. The zero-order chi connectivity index (χ0) is 15.4. The van der Waals surface area contributed by atoms with Gasteiger partial charge in [-0.05, 0) is 43.0 Å². The second-order valence-electron chi connectivity index (χ2n) is 4.54. The number of benzene rings is 1. The van der Waals surface area contributed by atoms with Crippen LogP contribution in [0.1, 0.15) is 19.8 Å². The number of nitriles is 1. The predicted molar refractivity (Wildman–Crippen MR) is 77.1 cm³/mol. The standard InChI is InChI=1S/C14H13N3O3S/c1-9(17-12(18)6-7-13(17)19)14(20)16-10-2-4-11(5-3-10)21-8-15/h2-5,9H,6-7H2,1H3,(H,16,20)/t9-/m0/s1. The van der Waals surface area contributed by atoms with Gasteiger partial charge in [-0.3, -0.25) is 19.3 Å². The number of imide groups is 1. The SMILES string of the molecule is C[C@@H](C(=O)Nc1ccc(SC#N)cc1)N1C(=O)CCC1=O. The van der Waals surface area contributed by atoms with Gasteiger partial charge in [0.15, 0.2) is 0 Å². The average Bonchev–Trinajstić information content (AvgIpc) is 2.80. The summed E-state index contributed by atoms with van der Waals surface area (Å²) < 4.78 is 0. The lowest BCUT2D eigenvalue weighted by molar-refractivity contribution is -0.144. The van der Waals surface area contributed by atoms with Crippen LogP contribution in [0, 0.1) is 10.7 Å². The molecule has 1 aromatic carbocycles. The van der Waals surface area contributed by atoms with Crippen LogP contribution in [-0.2, 0) is 14.4 Å². The maximum absolute atomic E-state index is 12.1. The lowest BCUT2D eigenvalue weighted by Crippen LogP contribution is -2.44. The molecule has 0 aliphatic carbocycles. The smallest absolute Gasteiger partial charge is 0.247 e. The first-order valence-corrected chi connectivity index (χ1v) is 7.16. The third kappa shape index (κ3) is 3.41. The topological polar surface area (TPSA) is 90.3 Å². The van der Waals surface area contributed by atoms with Crippen LogP contribution < -0.4 is 5.32 Å². The second-order valence-corrected chi connectivity index (χ2v) is 5.40. The number of carbonyl (C=O) groups excluding carboxylic acids is 3. The molecule has 1 fully saturated rings. The summed E-state index contributed by atoms with van der Waals surface area (Å²) in [6.45, 7) is 1.52. The quantitative estimate of drug-likeness (QED) is 0.520. The van der Waals surface area contributed by atoms with Crippen LogP contribution in [0.4, 0.5) is 5.69 Å². The van der Waals surface area contributed by atoms with Crippen LogP contribution in [0.5, 0.6) is 0 Å². The number of nitrogens with zero attached hydrogens (tertiary/aromatic N) is 2. The summed E-state index contributed by atoms with van der Waals surface area (Å²) in [6.07, 6.45) is 0.326. The van der Waals surface area contributed by atoms with E-state index in [-0.39, 0.29) is 24.7 Å². The minimum absolute atomic E-state index is 0.163. The largest absolute Gasteiger partial charge is 0.324 e. The molecule has 6 nitrogen and oxygen atoms in total. The molecule has 1 aliphatic rings. The highest BCUT2D eigenvalue weighted by atomic mass is 32.2. The van der Waals surface area contributed by atoms with Gasteiger partial charge in [-0.1, -0.05) is 0 Å². The molecule has 0 bridgehead atoms. The first kappa shape index (κ1) is 15.1. The van der Waals surface area contributed by atoms with Gasteiger partial charge < -0.3 is 5.32 Å². The minimum atomic E-state index is -0.833. The summed E-state index contributed by atoms with van der Waals surface area (Å²) in [5.41, 5.74) is 0.549.